The zero-order chi connectivity index (χ0) is 12.4. The Labute approximate surface area is 110 Å². The van der Waals surface area contributed by atoms with E-state index in [1.807, 2.05) is 7.11 Å². The number of hydrogen-bond acceptors (Lipinski definition) is 3. The number of rotatable bonds is 7. The molecule has 0 N–H and O–H groups in total. The molecule has 3 saturated carbocycles. The summed E-state index contributed by atoms with van der Waals surface area (Å²) in [4.78, 5) is 0. The minimum atomic E-state index is 0.477. The van der Waals surface area contributed by atoms with Gasteiger partial charge in [-0.2, -0.15) is 0 Å². The Morgan fingerprint density at radius 1 is 0.833 bits per heavy atom. The van der Waals surface area contributed by atoms with Crippen molar-refractivity contribution in [3.63, 3.8) is 0 Å². The minimum absolute atomic E-state index is 0.477. The molecule has 0 aromatic heterocycles. The third-order valence-electron chi connectivity index (χ3n) is 4.79. The standard InChI is InChI=1S/C15H26O3/c1-16-14-4-2-11(8-14)9-18-15-7-3-12(15)10-17-13-5-6-13/h11-15H,2-10H2,1H3. The lowest BCUT2D eigenvalue weighted by atomic mass is 9.82. The first-order valence-electron chi connectivity index (χ1n) is 7.61. The van der Waals surface area contributed by atoms with Crippen LogP contribution in [0.1, 0.15) is 44.9 Å². The number of ether oxygens (including phenoxy) is 3. The highest BCUT2D eigenvalue weighted by Crippen LogP contribution is 2.35. The molecule has 0 bridgehead atoms. The van der Waals surface area contributed by atoms with Crippen LogP contribution in [0, 0.1) is 11.8 Å². The lowest BCUT2D eigenvalue weighted by Gasteiger charge is -2.36. The van der Waals surface area contributed by atoms with E-state index >= 15 is 0 Å². The van der Waals surface area contributed by atoms with E-state index in [0.717, 1.165) is 19.1 Å². The van der Waals surface area contributed by atoms with Crippen LogP contribution in [0.15, 0.2) is 0 Å². The van der Waals surface area contributed by atoms with Crippen molar-refractivity contribution in [2.24, 2.45) is 11.8 Å². The molecule has 4 unspecified atom stereocenters. The summed E-state index contributed by atoms with van der Waals surface area (Å²) in [7, 11) is 1.82. The van der Waals surface area contributed by atoms with Gasteiger partial charge in [-0.1, -0.05) is 0 Å². The summed E-state index contributed by atoms with van der Waals surface area (Å²) in [5, 5.41) is 0. The van der Waals surface area contributed by atoms with Gasteiger partial charge < -0.3 is 14.2 Å². The number of hydrogen-bond donors (Lipinski definition) is 0. The Bertz CT molecular complexity index is 264. The van der Waals surface area contributed by atoms with Gasteiger partial charge in [0.2, 0.25) is 0 Å². The topological polar surface area (TPSA) is 27.7 Å². The van der Waals surface area contributed by atoms with E-state index in [2.05, 4.69) is 0 Å². The quantitative estimate of drug-likeness (QED) is 0.699. The molecule has 3 nitrogen and oxygen atoms in total. The molecule has 104 valence electrons. The highest BCUT2D eigenvalue weighted by atomic mass is 16.5. The average Bonchev–Trinajstić information content (AvgIpc) is 3.06. The van der Waals surface area contributed by atoms with E-state index in [0.29, 0.717) is 24.2 Å². The summed E-state index contributed by atoms with van der Waals surface area (Å²) in [6.45, 7) is 1.87. The van der Waals surface area contributed by atoms with Gasteiger partial charge in [0.1, 0.15) is 0 Å². The molecule has 0 heterocycles. The van der Waals surface area contributed by atoms with Gasteiger partial charge in [-0.25, -0.2) is 0 Å². The Morgan fingerprint density at radius 3 is 2.28 bits per heavy atom. The molecular formula is C15H26O3. The van der Waals surface area contributed by atoms with Crippen molar-refractivity contribution >= 4 is 0 Å². The maximum atomic E-state index is 6.08. The Kier molecular flexibility index (Phi) is 4.22. The summed E-state index contributed by atoms with van der Waals surface area (Å²) in [6, 6.07) is 0. The molecule has 4 atom stereocenters. The Morgan fingerprint density at radius 2 is 1.67 bits per heavy atom. The van der Waals surface area contributed by atoms with Crippen LogP contribution in [0.25, 0.3) is 0 Å². The van der Waals surface area contributed by atoms with E-state index < -0.39 is 0 Å². The minimum Gasteiger partial charge on any atom is -0.381 e. The molecule has 3 aliphatic carbocycles. The van der Waals surface area contributed by atoms with Gasteiger partial charge in [-0.15, -0.1) is 0 Å². The highest BCUT2D eigenvalue weighted by Gasteiger charge is 2.35. The Hall–Kier alpha value is -0.120. The summed E-state index contributed by atoms with van der Waals surface area (Å²) in [5.41, 5.74) is 0. The molecule has 3 fully saturated rings. The van der Waals surface area contributed by atoms with Crippen LogP contribution in [-0.2, 0) is 14.2 Å². The largest absolute Gasteiger partial charge is 0.381 e. The van der Waals surface area contributed by atoms with Crippen LogP contribution >= 0.6 is 0 Å². The normalized spacial score (nSPS) is 39.8. The molecule has 0 aromatic rings. The molecule has 0 aliphatic heterocycles. The van der Waals surface area contributed by atoms with Gasteiger partial charge in [-0.3, -0.25) is 0 Å². The molecule has 3 heteroatoms. The molecule has 18 heavy (non-hydrogen) atoms. The molecule has 0 spiro atoms. The van der Waals surface area contributed by atoms with E-state index in [-0.39, 0.29) is 0 Å². The summed E-state index contributed by atoms with van der Waals surface area (Å²) >= 11 is 0. The molecular weight excluding hydrogens is 228 g/mol. The van der Waals surface area contributed by atoms with Crippen LogP contribution in [0.4, 0.5) is 0 Å². The van der Waals surface area contributed by atoms with Crippen LogP contribution < -0.4 is 0 Å². The third kappa shape index (κ3) is 3.25. The fraction of sp³-hybridized carbons (Fsp3) is 1.00. The van der Waals surface area contributed by atoms with Gasteiger partial charge >= 0.3 is 0 Å². The van der Waals surface area contributed by atoms with E-state index in [9.17, 15) is 0 Å². The van der Waals surface area contributed by atoms with Crippen LogP contribution in [0.3, 0.4) is 0 Å². The lowest BCUT2D eigenvalue weighted by molar-refractivity contribution is -0.0887. The van der Waals surface area contributed by atoms with Gasteiger partial charge in [0.05, 0.1) is 24.9 Å². The van der Waals surface area contributed by atoms with Crippen molar-refractivity contribution in [2.45, 2.75) is 63.3 Å². The first kappa shape index (κ1) is 12.9. The summed E-state index contributed by atoms with van der Waals surface area (Å²) in [6.07, 6.45) is 10.3. The molecule has 0 saturated heterocycles. The van der Waals surface area contributed by atoms with Crippen molar-refractivity contribution in [3.05, 3.63) is 0 Å². The van der Waals surface area contributed by atoms with Crippen LogP contribution in [0.5, 0.6) is 0 Å². The van der Waals surface area contributed by atoms with Crippen molar-refractivity contribution in [2.75, 3.05) is 20.3 Å². The van der Waals surface area contributed by atoms with Crippen LogP contribution in [-0.4, -0.2) is 38.6 Å². The molecule has 0 aromatic carbocycles. The second-order valence-corrected chi connectivity index (χ2v) is 6.28. The van der Waals surface area contributed by atoms with Crippen molar-refractivity contribution in [1.29, 1.82) is 0 Å². The average molecular weight is 254 g/mol. The molecule has 0 amide bonds. The zero-order valence-corrected chi connectivity index (χ0v) is 11.5. The van der Waals surface area contributed by atoms with Crippen molar-refractivity contribution in [1.82, 2.24) is 0 Å². The second-order valence-electron chi connectivity index (χ2n) is 6.28. The van der Waals surface area contributed by atoms with Gasteiger partial charge in [0.15, 0.2) is 0 Å². The monoisotopic (exact) mass is 254 g/mol. The van der Waals surface area contributed by atoms with Gasteiger partial charge in [-0.05, 0) is 50.9 Å². The van der Waals surface area contributed by atoms with Gasteiger partial charge in [0.25, 0.3) is 0 Å². The molecule has 3 aliphatic rings. The highest BCUT2D eigenvalue weighted by molar-refractivity contribution is 4.84. The summed E-state index contributed by atoms with van der Waals surface area (Å²) < 4.78 is 17.3. The first-order chi connectivity index (χ1) is 8.85. The number of methoxy groups -OCH3 is 1. The Balaban J connectivity index is 1.30. The van der Waals surface area contributed by atoms with Crippen LogP contribution in [0.2, 0.25) is 0 Å². The molecule has 3 rings (SSSR count). The predicted octanol–water partition coefficient (Wildman–Crippen LogP) is 2.78. The summed E-state index contributed by atoms with van der Waals surface area (Å²) in [5.74, 6) is 1.39. The smallest absolute Gasteiger partial charge is 0.0625 e. The predicted molar refractivity (Wildman–Crippen MR) is 69.6 cm³/mol. The fourth-order valence-corrected chi connectivity index (χ4v) is 3.10. The maximum Gasteiger partial charge on any atom is 0.0625 e. The fourth-order valence-electron chi connectivity index (χ4n) is 3.10. The third-order valence-corrected chi connectivity index (χ3v) is 4.79. The zero-order valence-electron chi connectivity index (χ0n) is 11.5. The first-order valence-corrected chi connectivity index (χ1v) is 7.61. The van der Waals surface area contributed by atoms with Crippen molar-refractivity contribution < 1.29 is 14.2 Å². The van der Waals surface area contributed by atoms with E-state index in [1.165, 1.54) is 44.9 Å². The van der Waals surface area contributed by atoms with Crippen molar-refractivity contribution in [3.8, 4) is 0 Å². The van der Waals surface area contributed by atoms with E-state index in [1.54, 1.807) is 0 Å². The molecule has 0 radical (unpaired) electrons. The SMILES string of the molecule is COC1CCC(COC2CCC2COC2CC2)C1. The maximum absolute atomic E-state index is 6.08. The second kappa shape index (κ2) is 5.89. The lowest BCUT2D eigenvalue weighted by Crippen LogP contribution is -2.38. The van der Waals surface area contributed by atoms with E-state index in [4.69, 9.17) is 14.2 Å². The van der Waals surface area contributed by atoms with Gasteiger partial charge in [0, 0.05) is 19.6 Å².